The van der Waals surface area contributed by atoms with Crippen LogP contribution in [-0.4, -0.2) is 19.6 Å². The fourth-order valence-electron chi connectivity index (χ4n) is 2.13. The molecule has 0 fully saturated rings. The highest BCUT2D eigenvalue weighted by molar-refractivity contribution is 9.10. The van der Waals surface area contributed by atoms with Crippen molar-refractivity contribution in [2.45, 2.75) is 13.8 Å². The van der Waals surface area contributed by atoms with E-state index in [1.807, 2.05) is 50.2 Å². The lowest BCUT2D eigenvalue weighted by atomic mass is 10.2. The Hall–Kier alpha value is -2.27. The molecule has 0 aliphatic heterocycles. The molecule has 1 N–H and O–H groups in total. The third-order valence-electron chi connectivity index (χ3n) is 3.30. The average Bonchev–Trinajstić information content (AvgIpc) is 2.56. The van der Waals surface area contributed by atoms with Crippen molar-refractivity contribution in [3.63, 3.8) is 0 Å². The zero-order valence-electron chi connectivity index (χ0n) is 13.9. The van der Waals surface area contributed by atoms with E-state index in [-0.39, 0.29) is 5.91 Å². The first-order valence-corrected chi connectivity index (χ1v) is 8.39. The number of rotatable bonds is 6. The number of aryl methyl sites for hydroxylation is 1. The van der Waals surface area contributed by atoms with Gasteiger partial charge in [0.05, 0.1) is 19.4 Å². The van der Waals surface area contributed by atoms with Crippen molar-refractivity contribution in [3.05, 3.63) is 58.1 Å². The molecule has 0 saturated carbocycles. The minimum absolute atomic E-state index is 0.201. The van der Waals surface area contributed by atoms with Gasteiger partial charge in [0.1, 0.15) is 0 Å². The number of ether oxygens (including phenoxy) is 2. The predicted octanol–water partition coefficient (Wildman–Crippen LogP) is 4.82. The zero-order chi connectivity index (χ0) is 17.5. The van der Waals surface area contributed by atoms with Crippen LogP contribution in [0.25, 0.3) is 6.08 Å². The summed E-state index contributed by atoms with van der Waals surface area (Å²) in [6.45, 7) is 4.48. The van der Waals surface area contributed by atoms with Crippen molar-refractivity contribution in [2.24, 2.45) is 0 Å². The van der Waals surface area contributed by atoms with Crippen molar-refractivity contribution in [1.82, 2.24) is 0 Å². The summed E-state index contributed by atoms with van der Waals surface area (Å²) in [6.07, 6.45) is 3.22. The predicted molar refractivity (Wildman–Crippen MR) is 101 cm³/mol. The maximum atomic E-state index is 12.1. The van der Waals surface area contributed by atoms with Crippen molar-refractivity contribution in [1.29, 1.82) is 0 Å². The molecular weight excluding hydrogens is 370 g/mol. The van der Waals surface area contributed by atoms with Gasteiger partial charge in [0.25, 0.3) is 0 Å². The summed E-state index contributed by atoms with van der Waals surface area (Å²) >= 11 is 3.44. The molecule has 0 aromatic heterocycles. The van der Waals surface area contributed by atoms with Gasteiger partial charge in [-0.25, -0.2) is 0 Å². The van der Waals surface area contributed by atoms with Gasteiger partial charge in [0.2, 0.25) is 5.91 Å². The number of amides is 1. The summed E-state index contributed by atoms with van der Waals surface area (Å²) < 4.78 is 11.6. The number of carbonyl (C=O) groups excluding carboxylic acids is 1. The molecule has 2 rings (SSSR count). The summed E-state index contributed by atoms with van der Waals surface area (Å²) in [6, 6.07) is 11.3. The van der Waals surface area contributed by atoms with Crippen LogP contribution in [-0.2, 0) is 4.79 Å². The first-order chi connectivity index (χ1) is 11.5. The van der Waals surface area contributed by atoms with Gasteiger partial charge in [-0.15, -0.1) is 0 Å². The Morgan fingerprint density at radius 1 is 1.21 bits per heavy atom. The zero-order valence-corrected chi connectivity index (χ0v) is 15.5. The summed E-state index contributed by atoms with van der Waals surface area (Å²) in [5, 5.41) is 2.84. The van der Waals surface area contributed by atoms with E-state index in [4.69, 9.17) is 9.47 Å². The molecule has 0 aliphatic carbocycles. The average molecular weight is 390 g/mol. The lowest BCUT2D eigenvalue weighted by Gasteiger charge is -2.09. The largest absolute Gasteiger partial charge is 0.493 e. The smallest absolute Gasteiger partial charge is 0.248 e. The fraction of sp³-hybridized carbons (Fsp3) is 0.211. The highest BCUT2D eigenvalue weighted by Gasteiger charge is 2.05. The molecule has 0 unspecified atom stereocenters. The van der Waals surface area contributed by atoms with Crippen molar-refractivity contribution in [2.75, 3.05) is 19.0 Å². The molecule has 2 aromatic carbocycles. The molecule has 0 radical (unpaired) electrons. The maximum Gasteiger partial charge on any atom is 0.248 e. The van der Waals surface area contributed by atoms with Gasteiger partial charge in [0, 0.05) is 10.5 Å². The number of carbonyl (C=O) groups is 1. The Morgan fingerprint density at radius 3 is 2.67 bits per heavy atom. The summed E-state index contributed by atoms with van der Waals surface area (Å²) in [5.41, 5.74) is 2.71. The number of methoxy groups -OCH3 is 1. The molecule has 0 saturated heterocycles. The quantitative estimate of drug-likeness (QED) is 0.720. The molecule has 0 heterocycles. The Labute approximate surface area is 150 Å². The van der Waals surface area contributed by atoms with Gasteiger partial charge in [0.15, 0.2) is 11.5 Å². The number of halogens is 1. The SMILES string of the molecule is CCOc1ccc(C=CC(=O)Nc2ccc(C)cc2Br)cc1OC. The fourth-order valence-corrected chi connectivity index (χ4v) is 2.72. The molecule has 4 nitrogen and oxygen atoms in total. The number of anilines is 1. The van der Waals surface area contributed by atoms with Crippen LogP contribution in [0, 0.1) is 6.92 Å². The van der Waals surface area contributed by atoms with Crippen LogP contribution >= 0.6 is 15.9 Å². The second-order valence-electron chi connectivity index (χ2n) is 5.15. The van der Waals surface area contributed by atoms with Gasteiger partial charge in [-0.1, -0.05) is 12.1 Å². The lowest BCUT2D eigenvalue weighted by Crippen LogP contribution is -2.08. The van der Waals surface area contributed by atoms with Crippen LogP contribution < -0.4 is 14.8 Å². The molecule has 5 heteroatoms. The highest BCUT2D eigenvalue weighted by Crippen LogP contribution is 2.28. The Balaban J connectivity index is 2.08. The topological polar surface area (TPSA) is 47.6 Å². The second kappa shape index (κ2) is 8.55. The summed E-state index contributed by atoms with van der Waals surface area (Å²) in [7, 11) is 1.59. The Kier molecular flexibility index (Phi) is 6.44. The Bertz CT molecular complexity index is 756. The van der Waals surface area contributed by atoms with Gasteiger partial charge in [-0.05, 0) is 71.2 Å². The first-order valence-electron chi connectivity index (χ1n) is 7.59. The lowest BCUT2D eigenvalue weighted by molar-refractivity contribution is -0.111. The minimum atomic E-state index is -0.201. The Morgan fingerprint density at radius 2 is 2.00 bits per heavy atom. The van der Waals surface area contributed by atoms with Crippen molar-refractivity contribution < 1.29 is 14.3 Å². The van der Waals surface area contributed by atoms with Crippen molar-refractivity contribution in [3.8, 4) is 11.5 Å². The highest BCUT2D eigenvalue weighted by atomic mass is 79.9. The summed E-state index contributed by atoms with van der Waals surface area (Å²) in [4.78, 5) is 12.1. The normalized spacial score (nSPS) is 10.7. The number of hydrogen-bond acceptors (Lipinski definition) is 3. The second-order valence-corrected chi connectivity index (χ2v) is 6.00. The molecular formula is C19H20BrNO3. The number of benzene rings is 2. The molecule has 126 valence electrons. The third-order valence-corrected chi connectivity index (χ3v) is 3.95. The van der Waals surface area contributed by atoms with Gasteiger partial charge >= 0.3 is 0 Å². The summed E-state index contributed by atoms with van der Waals surface area (Å²) in [5.74, 6) is 1.12. The van der Waals surface area contributed by atoms with E-state index >= 15 is 0 Å². The van der Waals surface area contributed by atoms with Crippen LogP contribution in [0.3, 0.4) is 0 Å². The van der Waals surface area contributed by atoms with Gasteiger partial charge in [-0.3, -0.25) is 4.79 Å². The monoisotopic (exact) mass is 389 g/mol. The minimum Gasteiger partial charge on any atom is -0.493 e. The van der Waals surface area contributed by atoms with Crippen LogP contribution in [0.4, 0.5) is 5.69 Å². The van der Waals surface area contributed by atoms with E-state index < -0.39 is 0 Å². The van der Waals surface area contributed by atoms with E-state index in [1.165, 1.54) is 6.08 Å². The molecule has 0 spiro atoms. The molecule has 0 atom stereocenters. The van der Waals surface area contributed by atoms with Crippen LogP contribution in [0.2, 0.25) is 0 Å². The van der Waals surface area contributed by atoms with Gasteiger partial charge < -0.3 is 14.8 Å². The maximum absolute atomic E-state index is 12.1. The van der Waals surface area contributed by atoms with Crippen LogP contribution in [0.1, 0.15) is 18.1 Å². The number of hydrogen-bond donors (Lipinski definition) is 1. The van der Waals surface area contributed by atoms with Crippen LogP contribution in [0.15, 0.2) is 46.9 Å². The molecule has 24 heavy (non-hydrogen) atoms. The van der Waals surface area contributed by atoms with E-state index in [2.05, 4.69) is 21.2 Å². The molecule has 2 aromatic rings. The van der Waals surface area contributed by atoms with E-state index in [0.717, 1.165) is 21.3 Å². The standard InChI is InChI=1S/C19H20BrNO3/c1-4-24-17-9-6-14(12-18(17)23-3)7-10-19(22)21-16-8-5-13(2)11-15(16)20/h5-12H,4H2,1-3H3,(H,21,22). The molecule has 0 aliphatic rings. The van der Waals surface area contributed by atoms with Crippen LogP contribution in [0.5, 0.6) is 11.5 Å². The van der Waals surface area contributed by atoms with E-state index in [9.17, 15) is 4.79 Å². The molecule has 0 bridgehead atoms. The van der Waals surface area contributed by atoms with E-state index in [0.29, 0.717) is 18.1 Å². The first kappa shape index (κ1) is 18.1. The molecule has 1 amide bonds. The third kappa shape index (κ3) is 4.86. The van der Waals surface area contributed by atoms with Gasteiger partial charge in [-0.2, -0.15) is 0 Å². The van der Waals surface area contributed by atoms with Crippen molar-refractivity contribution >= 4 is 33.6 Å². The van der Waals surface area contributed by atoms with E-state index in [1.54, 1.807) is 13.2 Å². The number of nitrogens with one attached hydrogen (secondary N) is 1.